The van der Waals surface area contributed by atoms with Crippen LogP contribution in [0, 0.1) is 17.0 Å². The van der Waals surface area contributed by atoms with Crippen LogP contribution in [0.5, 0.6) is 0 Å². The number of hydrogen-bond donors (Lipinski definition) is 0. The molecule has 1 saturated heterocycles. The van der Waals surface area contributed by atoms with Gasteiger partial charge in [-0.15, -0.1) is 0 Å². The van der Waals surface area contributed by atoms with Crippen molar-refractivity contribution in [3.63, 3.8) is 0 Å². The highest BCUT2D eigenvalue weighted by Crippen LogP contribution is 2.26. The second-order valence-corrected chi connectivity index (χ2v) is 5.97. The molecular weight excluding hydrogens is 296 g/mol. The van der Waals surface area contributed by atoms with Crippen LogP contribution in [0.25, 0.3) is 0 Å². The molecule has 0 saturated carbocycles. The van der Waals surface area contributed by atoms with Gasteiger partial charge in [0.1, 0.15) is 0 Å². The van der Waals surface area contributed by atoms with Gasteiger partial charge in [0.2, 0.25) is 5.89 Å². The number of benzene rings is 1. The van der Waals surface area contributed by atoms with E-state index in [4.69, 9.17) is 4.52 Å². The second kappa shape index (κ2) is 6.87. The molecule has 1 aliphatic heterocycles. The summed E-state index contributed by atoms with van der Waals surface area (Å²) in [4.78, 5) is 17.0. The Morgan fingerprint density at radius 2 is 2.00 bits per heavy atom. The molecule has 0 bridgehead atoms. The first kappa shape index (κ1) is 15.6. The number of aryl methyl sites for hydroxylation is 1. The lowest BCUT2D eigenvalue weighted by Gasteiger charge is -2.30. The molecule has 122 valence electrons. The largest absolute Gasteiger partial charge is 0.339 e. The zero-order valence-corrected chi connectivity index (χ0v) is 13.1. The van der Waals surface area contributed by atoms with Crippen molar-refractivity contribution in [1.29, 1.82) is 0 Å². The van der Waals surface area contributed by atoms with Gasteiger partial charge in [-0.3, -0.25) is 10.1 Å². The lowest BCUT2D eigenvalue weighted by molar-refractivity contribution is -0.384. The van der Waals surface area contributed by atoms with Crippen LogP contribution in [0.4, 0.5) is 5.69 Å². The molecule has 0 aliphatic carbocycles. The van der Waals surface area contributed by atoms with Crippen LogP contribution in [0.2, 0.25) is 0 Å². The fourth-order valence-electron chi connectivity index (χ4n) is 2.95. The molecule has 0 radical (unpaired) electrons. The molecule has 0 unspecified atom stereocenters. The van der Waals surface area contributed by atoms with E-state index in [1.54, 1.807) is 12.1 Å². The third-order valence-corrected chi connectivity index (χ3v) is 4.34. The maximum atomic E-state index is 10.6. The van der Waals surface area contributed by atoms with Gasteiger partial charge < -0.3 is 9.42 Å². The average molecular weight is 316 g/mol. The van der Waals surface area contributed by atoms with Gasteiger partial charge in [0.05, 0.1) is 4.92 Å². The van der Waals surface area contributed by atoms with Gasteiger partial charge in [0, 0.05) is 24.6 Å². The van der Waals surface area contributed by atoms with Crippen molar-refractivity contribution in [2.45, 2.75) is 32.1 Å². The minimum Gasteiger partial charge on any atom is -0.339 e. The minimum atomic E-state index is -0.367. The van der Waals surface area contributed by atoms with Crippen molar-refractivity contribution in [2.75, 3.05) is 19.6 Å². The molecule has 3 rings (SSSR count). The van der Waals surface area contributed by atoms with E-state index in [2.05, 4.69) is 15.0 Å². The van der Waals surface area contributed by atoms with E-state index in [0.29, 0.717) is 11.7 Å². The fourth-order valence-corrected chi connectivity index (χ4v) is 2.95. The third-order valence-electron chi connectivity index (χ3n) is 4.34. The van der Waals surface area contributed by atoms with Gasteiger partial charge in [-0.2, -0.15) is 4.98 Å². The van der Waals surface area contributed by atoms with Gasteiger partial charge in [-0.1, -0.05) is 17.3 Å². The number of non-ortho nitro benzene ring substituents is 1. The first-order valence-corrected chi connectivity index (χ1v) is 7.88. The van der Waals surface area contributed by atoms with Crippen molar-refractivity contribution in [1.82, 2.24) is 15.0 Å². The highest BCUT2D eigenvalue weighted by Gasteiger charge is 2.24. The van der Waals surface area contributed by atoms with E-state index in [0.717, 1.165) is 50.4 Å². The molecule has 0 spiro atoms. The zero-order valence-electron chi connectivity index (χ0n) is 13.1. The van der Waals surface area contributed by atoms with Gasteiger partial charge in [0.25, 0.3) is 5.69 Å². The summed E-state index contributed by atoms with van der Waals surface area (Å²) in [7, 11) is 0. The first-order valence-electron chi connectivity index (χ1n) is 7.88. The van der Waals surface area contributed by atoms with E-state index < -0.39 is 0 Å². The lowest BCUT2D eigenvalue weighted by atomic mass is 9.96. The summed E-state index contributed by atoms with van der Waals surface area (Å²) in [5.74, 6) is 1.82. The molecular formula is C16H20N4O3. The van der Waals surface area contributed by atoms with Gasteiger partial charge >= 0.3 is 0 Å². The highest BCUT2D eigenvalue weighted by atomic mass is 16.6. The van der Waals surface area contributed by atoms with Gasteiger partial charge in [-0.25, -0.2) is 0 Å². The standard InChI is InChI=1S/C16H20N4O3/c1-12-17-16(23-18-12)14-7-10-19(11-8-14)9-6-13-2-4-15(5-3-13)20(21)22/h2-5,14H,6-11H2,1H3. The Bertz CT molecular complexity index is 660. The Labute approximate surface area is 134 Å². The van der Waals surface area contributed by atoms with Crippen molar-refractivity contribution >= 4 is 5.69 Å². The predicted octanol–water partition coefficient (Wildman–Crippen LogP) is 2.71. The number of hydrogen-bond acceptors (Lipinski definition) is 6. The first-order chi connectivity index (χ1) is 11.1. The van der Waals surface area contributed by atoms with Crippen LogP contribution in [-0.2, 0) is 6.42 Å². The summed E-state index contributed by atoms with van der Waals surface area (Å²) in [6.07, 6.45) is 2.96. The molecule has 1 aromatic carbocycles. The van der Waals surface area contributed by atoms with Crippen LogP contribution in [0.1, 0.15) is 36.0 Å². The molecule has 0 N–H and O–H groups in total. The monoisotopic (exact) mass is 316 g/mol. The normalized spacial score (nSPS) is 16.6. The summed E-state index contributed by atoms with van der Waals surface area (Å²) in [5.41, 5.74) is 1.27. The number of piperidine rings is 1. The summed E-state index contributed by atoms with van der Waals surface area (Å²) in [6.45, 7) is 4.83. The lowest BCUT2D eigenvalue weighted by Crippen LogP contribution is -2.34. The average Bonchev–Trinajstić information content (AvgIpc) is 3.00. The van der Waals surface area contributed by atoms with Gasteiger partial charge in [0.15, 0.2) is 5.82 Å². The SMILES string of the molecule is Cc1noc(C2CCN(CCc3ccc([N+](=O)[O-])cc3)CC2)n1. The molecule has 0 amide bonds. The molecule has 7 nitrogen and oxygen atoms in total. The molecule has 1 aliphatic rings. The van der Waals surface area contributed by atoms with E-state index in [1.807, 2.05) is 19.1 Å². The van der Waals surface area contributed by atoms with Crippen LogP contribution in [0.3, 0.4) is 0 Å². The molecule has 7 heteroatoms. The third kappa shape index (κ3) is 3.92. The van der Waals surface area contributed by atoms with Crippen molar-refractivity contribution in [3.05, 3.63) is 51.7 Å². The number of nitrogens with zero attached hydrogens (tertiary/aromatic N) is 4. The van der Waals surface area contributed by atoms with E-state index >= 15 is 0 Å². The summed E-state index contributed by atoms with van der Waals surface area (Å²) >= 11 is 0. The Morgan fingerprint density at radius 3 is 2.57 bits per heavy atom. The van der Waals surface area contributed by atoms with Crippen LogP contribution in [-0.4, -0.2) is 39.6 Å². The fraction of sp³-hybridized carbons (Fsp3) is 0.500. The van der Waals surface area contributed by atoms with Crippen LogP contribution >= 0.6 is 0 Å². The number of nitro benzene ring substituents is 1. The Kier molecular flexibility index (Phi) is 4.66. The smallest absolute Gasteiger partial charge is 0.269 e. The highest BCUT2D eigenvalue weighted by molar-refractivity contribution is 5.32. The summed E-state index contributed by atoms with van der Waals surface area (Å²) in [5, 5.41) is 14.5. The van der Waals surface area contributed by atoms with Crippen LogP contribution in [0.15, 0.2) is 28.8 Å². The zero-order chi connectivity index (χ0) is 16.2. The predicted molar refractivity (Wildman–Crippen MR) is 84.3 cm³/mol. The number of aromatic nitrogens is 2. The maximum Gasteiger partial charge on any atom is 0.269 e. The van der Waals surface area contributed by atoms with E-state index in [1.165, 1.54) is 0 Å². The van der Waals surface area contributed by atoms with E-state index in [9.17, 15) is 10.1 Å². The van der Waals surface area contributed by atoms with Crippen molar-refractivity contribution in [3.8, 4) is 0 Å². The van der Waals surface area contributed by atoms with Crippen LogP contribution < -0.4 is 0 Å². The van der Waals surface area contributed by atoms with Gasteiger partial charge in [-0.05, 0) is 44.8 Å². The maximum absolute atomic E-state index is 10.6. The molecule has 0 atom stereocenters. The molecule has 1 aromatic heterocycles. The topological polar surface area (TPSA) is 85.3 Å². The number of nitro groups is 1. The summed E-state index contributed by atoms with van der Waals surface area (Å²) in [6, 6.07) is 6.82. The molecule has 2 heterocycles. The second-order valence-electron chi connectivity index (χ2n) is 5.97. The Morgan fingerprint density at radius 1 is 1.30 bits per heavy atom. The van der Waals surface area contributed by atoms with E-state index in [-0.39, 0.29) is 10.6 Å². The molecule has 1 fully saturated rings. The quantitative estimate of drug-likeness (QED) is 0.623. The van der Waals surface area contributed by atoms with Crippen molar-refractivity contribution in [2.24, 2.45) is 0 Å². The molecule has 2 aromatic rings. The number of likely N-dealkylation sites (tertiary alicyclic amines) is 1. The Hall–Kier alpha value is -2.28. The summed E-state index contributed by atoms with van der Waals surface area (Å²) < 4.78 is 5.26. The molecule has 23 heavy (non-hydrogen) atoms. The number of rotatable bonds is 5. The van der Waals surface area contributed by atoms with Crippen molar-refractivity contribution < 1.29 is 9.45 Å². The minimum absolute atomic E-state index is 0.143. The Balaban J connectivity index is 1.46.